The minimum Gasteiger partial charge on any atom is -0.350 e. The lowest BCUT2D eigenvalue weighted by Crippen LogP contribution is -2.56. The predicted octanol–water partition coefficient (Wildman–Crippen LogP) is 3.01. The van der Waals surface area contributed by atoms with E-state index in [0.717, 1.165) is 36.8 Å². The highest BCUT2D eigenvalue weighted by Gasteiger charge is 2.43. The molecule has 0 bridgehead atoms. The average molecular weight is 464 g/mol. The Morgan fingerprint density at radius 1 is 0.882 bits per heavy atom. The number of nitrogens with zero attached hydrogens (tertiary/aromatic N) is 2. The van der Waals surface area contributed by atoms with Crippen LogP contribution in [-0.4, -0.2) is 59.0 Å². The molecule has 4 N–H and O–H groups in total. The first-order valence-electron chi connectivity index (χ1n) is 11.9. The first-order valence-corrected chi connectivity index (χ1v) is 11.9. The van der Waals surface area contributed by atoms with Gasteiger partial charge in [-0.3, -0.25) is 14.5 Å². The van der Waals surface area contributed by atoms with E-state index in [1.807, 2.05) is 50.2 Å². The highest BCUT2D eigenvalue weighted by Crippen LogP contribution is 2.23. The van der Waals surface area contributed by atoms with E-state index in [1.165, 1.54) is 9.80 Å². The topological polar surface area (TPSA) is 108 Å². The maximum Gasteiger partial charge on any atom is 0.323 e. The van der Waals surface area contributed by atoms with Crippen molar-refractivity contribution in [3.8, 4) is 0 Å². The summed E-state index contributed by atoms with van der Waals surface area (Å²) < 4.78 is 0. The maximum absolute atomic E-state index is 13.5. The van der Waals surface area contributed by atoms with Crippen molar-refractivity contribution in [2.75, 3.05) is 18.4 Å². The lowest BCUT2D eigenvalue weighted by molar-refractivity contribution is -0.128. The van der Waals surface area contributed by atoms with Crippen molar-refractivity contribution >= 4 is 23.5 Å². The first kappa shape index (κ1) is 23.8. The molecule has 0 spiro atoms. The Balaban J connectivity index is 1.55. The molecular formula is C26H33N5O3. The van der Waals surface area contributed by atoms with Gasteiger partial charge < -0.3 is 21.3 Å². The zero-order valence-electron chi connectivity index (χ0n) is 19.8. The zero-order valence-corrected chi connectivity index (χ0v) is 19.8. The van der Waals surface area contributed by atoms with Gasteiger partial charge >= 0.3 is 6.03 Å². The van der Waals surface area contributed by atoms with Crippen LogP contribution in [0.2, 0.25) is 0 Å². The SMILES string of the molecule is Cc1ccc(NC(=O)N2CCN(C(=O)c3cccc(C)c3)C2C(=O)NC2CCC(N)CC2)cc1. The monoisotopic (exact) mass is 463 g/mol. The molecule has 2 aliphatic rings. The zero-order chi connectivity index (χ0) is 24.2. The number of nitrogens with one attached hydrogen (secondary N) is 2. The van der Waals surface area contributed by atoms with Crippen LogP contribution >= 0.6 is 0 Å². The second kappa shape index (κ2) is 10.3. The second-order valence-electron chi connectivity index (χ2n) is 9.35. The van der Waals surface area contributed by atoms with E-state index in [2.05, 4.69) is 10.6 Å². The van der Waals surface area contributed by atoms with Crippen LogP contribution in [0.5, 0.6) is 0 Å². The van der Waals surface area contributed by atoms with E-state index in [4.69, 9.17) is 5.73 Å². The van der Waals surface area contributed by atoms with Crippen LogP contribution in [0.25, 0.3) is 0 Å². The van der Waals surface area contributed by atoms with Crippen molar-refractivity contribution in [1.82, 2.24) is 15.1 Å². The molecule has 8 nitrogen and oxygen atoms in total. The Bertz CT molecular complexity index is 1050. The van der Waals surface area contributed by atoms with Crippen LogP contribution in [0.3, 0.4) is 0 Å². The normalized spacial score (nSPS) is 22.4. The fourth-order valence-corrected chi connectivity index (χ4v) is 4.65. The minimum absolute atomic E-state index is 0.00849. The highest BCUT2D eigenvalue weighted by molar-refractivity contribution is 6.00. The summed E-state index contributed by atoms with van der Waals surface area (Å²) in [6, 6.07) is 14.5. The van der Waals surface area contributed by atoms with Crippen LogP contribution in [0, 0.1) is 13.8 Å². The lowest BCUT2D eigenvalue weighted by atomic mass is 9.92. The minimum atomic E-state index is -1.02. The van der Waals surface area contributed by atoms with Gasteiger partial charge in [-0.15, -0.1) is 0 Å². The number of carbonyl (C=O) groups is 3. The molecule has 0 radical (unpaired) electrons. The van der Waals surface area contributed by atoms with Crippen molar-refractivity contribution in [3.63, 3.8) is 0 Å². The largest absolute Gasteiger partial charge is 0.350 e. The van der Waals surface area contributed by atoms with Crippen LogP contribution in [-0.2, 0) is 4.79 Å². The molecule has 4 rings (SSSR count). The Hall–Kier alpha value is -3.39. The molecule has 1 saturated heterocycles. The molecule has 34 heavy (non-hydrogen) atoms. The number of anilines is 1. The molecule has 180 valence electrons. The van der Waals surface area contributed by atoms with Crippen LogP contribution < -0.4 is 16.4 Å². The number of benzene rings is 2. The summed E-state index contributed by atoms with van der Waals surface area (Å²) in [6.45, 7) is 4.43. The molecule has 1 heterocycles. The molecule has 1 aliphatic heterocycles. The molecule has 1 aliphatic carbocycles. The summed E-state index contributed by atoms with van der Waals surface area (Å²) in [6.07, 6.45) is 2.26. The van der Waals surface area contributed by atoms with Crippen LogP contribution in [0.1, 0.15) is 47.2 Å². The summed E-state index contributed by atoms with van der Waals surface area (Å²) in [4.78, 5) is 43.0. The Kier molecular flexibility index (Phi) is 7.17. The van der Waals surface area contributed by atoms with Crippen LogP contribution in [0.15, 0.2) is 48.5 Å². The third kappa shape index (κ3) is 5.39. The molecule has 8 heteroatoms. The predicted molar refractivity (Wildman–Crippen MR) is 131 cm³/mol. The van der Waals surface area contributed by atoms with Crippen molar-refractivity contribution in [1.29, 1.82) is 0 Å². The number of aryl methyl sites for hydroxylation is 2. The van der Waals surface area contributed by atoms with Gasteiger partial charge in [-0.25, -0.2) is 4.79 Å². The third-order valence-electron chi connectivity index (χ3n) is 6.61. The number of amides is 4. The molecular weight excluding hydrogens is 430 g/mol. The molecule has 1 unspecified atom stereocenters. The third-order valence-corrected chi connectivity index (χ3v) is 6.61. The molecule has 2 aromatic rings. The molecule has 0 aromatic heterocycles. The maximum atomic E-state index is 13.5. The lowest BCUT2D eigenvalue weighted by Gasteiger charge is -2.32. The van der Waals surface area contributed by atoms with Crippen molar-refractivity contribution in [2.24, 2.45) is 5.73 Å². The fraction of sp³-hybridized carbons (Fsp3) is 0.423. The van der Waals surface area contributed by atoms with E-state index >= 15 is 0 Å². The smallest absolute Gasteiger partial charge is 0.323 e. The van der Waals surface area contributed by atoms with Gasteiger partial charge in [0.15, 0.2) is 6.17 Å². The Morgan fingerprint density at radius 3 is 2.24 bits per heavy atom. The summed E-state index contributed by atoms with van der Waals surface area (Å²) in [5.74, 6) is -0.599. The van der Waals surface area contributed by atoms with E-state index in [0.29, 0.717) is 11.3 Å². The molecule has 2 fully saturated rings. The number of carbonyl (C=O) groups excluding carboxylic acids is 3. The summed E-state index contributed by atoms with van der Waals surface area (Å²) in [5.41, 5.74) is 9.19. The standard InChI is InChI=1S/C26H33N5O3/c1-17-6-10-22(11-7-17)29-26(34)31-15-14-30(25(33)19-5-3-4-18(2)16-19)24(31)23(32)28-21-12-8-20(27)9-13-21/h3-7,10-11,16,20-21,24H,8-9,12-15,27H2,1-2H3,(H,28,32)(H,29,34). The van der Waals surface area contributed by atoms with Crippen molar-refractivity contribution in [3.05, 3.63) is 65.2 Å². The van der Waals surface area contributed by atoms with Gasteiger partial charge in [0, 0.05) is 36.4 Å². The van der Waals surface area contributed by atoms with E-state index in [-0.39, 0.29) is 37.0 Å². The van der Waals surface area contributed by atoms with Gasteiger partial charge in [-0.2, -0.15) is 0 Å². The van der Waals surface area contributed by atoms with Crippen molar-refractivity contribution < 1.29 is 14.4 Å². The molecule has 4 amide bonds. The van der Waals surface area contributed by atoms with Crippen LogP contribution in [0.4, 0.5) is 10.5 Å². The van der Waals surface area contributed by atoms with Gasteiger partial charge in [-0.1, -0.05) is 35.4 Å². The van der Waals surface area contributed by atoms with E-state index < -0.39 is 12.2 Å². The van der Waals surface area contributed by atoms with Crippen molar-refractivity contribution in [2.45, 2.75) is 57.8 Å². The number of nitrogens with two attached hydrogens (primary N) is 1. The molecule has 1 atom stereocenters. The molecule has 2 aromatic carbocycles. The van der Waals surface area contributed by atoms with Gasteiger partial charge in [0.1, 0.15) is 0 Å². The van der Waals surface area contributed by atoms with Gasteiger partial charge in [0.2, 0.25) is 0 Å². The number of rotatable bonds is 4. The number of hydrogen-bond acceptors (Lipinski definition) is 4. The van der Waals surface area contributed by atoms with E-state index in [9.17, 15) is 14.4 Å². The average Bonchev–Trinajstić information content (AvgIpc) is 3.27. The van der Waals surface area contributed by atoms with Gasteiger partial charge in [0.05, 0.1) is 0 Å². The quantitative estimate of drug-likeness (QED) is 0.648. The Morgan fingerprint density at radius 2 is 1.56 bits per heavy atom. The Labute approximate surface area is 200 Å². The highest BCUT2D eigenvalue weighted by atomic mass is 16.2. The van der Waals surface area contributed by atoms with E-state index in [1.54, 1.807) is 12.1 Å². The molecule has 1 saturated carbocycles. The van der Waals surface area contributed by atoms with Gasteiger partial charge in [-0.05, 0) is 63.8 Å². The first-order chi connectivity index (χ1) is 16.3. The summed E-state index contributed by atoms with van der Waals surface area (Å²) in [7, 11) is 0. The number of hydrogen-bond donors (Lipinski definition) is 3. The second-order valence-corrected chi connectivity index (χ2v) is 9.35. The summed E-state index contributed by atoms with van der Waals surface area (Å²) >= 11 is 0. The summed E-state index contributed by atoms with van der Waals surface area (Å²) in [5, 5.41) is 5.94. The fourth-order valence-electron chi connectivity index (χ4n) is 4.65. The number of urea groups is 1. The van der Waals surface area contributed by atoms with Gasteiger partial charge in [0.25, 0.3) is 11.8 Å².